The van der Waals surface area contributed by atoms with E-state index in [-0.39, 0.29) is 5.24 Å². The molecule has 0 unspecified atom stereocenters. The fourth-order valence-electron chi connectivity index (χ4n) is 2.83. The quantitative estimate of drug-likeness (QED) is 0.676. The first-order valence-electron chi connectivity index (χ1n) is 8.06. The molecule has 7 nitrogen and oxygen atoms in total. The highest BCUT2D eigenvalue weighted by Gasteiger charge is 2.46. The first-order valence-corrected chi connectivity index (χ1v) is 8.47. The van der Waals surface area contributed by atoms with Crippen LogP contribution in [0.1, 0.15) is 0 Å². The molecule has 1 aliphatic heterocycles. The number of hydrogen-bond acceptors (Lipinski definition) is 8. The van der Waals surface area contributed by atoms with Gasteiger partial charge in [-0.25, -0.2) is 0 Å². The molecule has 0 radical (unpaired) electrons. The SMILES string of the molecule is CO[C@H]1O[C@H](CO)[C@@H](O)[C@H](O)[C@H]1OC(=S)Oc1ccc2ccccc2c1. The minimum absolute atomic E-state index is 0.246. The zero-order valence-corrected chi connectivity index (χ0v) is 14.8. The van der Waals surface area contributed by atoms with E-state index in [2.05, 4.69) is 0 Å². The van der Waals surface area contributed by atoms with Crippen molar-refractivity contribution in [2.75, 3.05) is 13.7 Å². The first-order chi connectivity index (χ1) is 12.5. The van der Waals surface area contributed by atoms with E-state index in [1.807, 2.05) is 36.4 Å². The summed E-state index contributed by atoms with van der Waals surface area (Å²) in [5, 5.41) is 31.2. The molecule has 3 rings (SSSR count). The van der Waals surface area contributed by atoms with Crippen molar-refractivity contribution in [2.45, 2.75) is 30.7 Å². The van der Waals surface area contributed by atoms with Crippen LogP contribution in [0.5, 0.6) is 5.75 Å². The van der Waals surface area contributed by atoms with Gasteiger partial charge in [0, 0.05) is 19.3 Å². The second-order valence-electron chi connectivity index (χ2n) is 5.89. The topological polar surface area (TPSA) is 97.6 Å². The number of methoxy groups -OCH3 is 1. The molecule has 2 aromatic carbocycles. The fraction of sp³-hybridized carbons (Fsp3) is 0.389. The largest absolute Gasteiger partial charge is 0.445 e. The Bertz CT molecular complexity index is 766. The molecule has 5 atom stereocenters. The normalized spacial score (nSPS) is 28.7. The van der Waals surface area contributed by atoms with Crippen molar-refractivity contribution in [1.82, 2.24) is 0 Å². The third-order valence-electron chi connectivity index (χ3n) is 4.21. The van der Waals surface area contributed by atoms with Gasteiger partial charge in [-0.05, 0) is 22.9 Å². The van der Waals surface area contributed by atoms with Crippen molar-refractivity contribution >= 4 is 28.2 Å². The van der Waals surface area contributed by atoms with Gasteiger partial charge in [0.25, 0.3) is 0 Å². The van der Waals surface area contributed by atoms with Crippen LogP contribution in [0.2, 0.25) is 0 Å². The molecular weight excluding hydrogens is 360 g/mol. The van der Waals surface area contributed by atoms with Gasteiger partial charge in [-0.15, -0.1) is 0 Å². The van der Waals surface area contributed by atoms with E-state index in [0.29, 0.717) is 5.75 Å². The summed E-state index contributed by atoms with van der Waals surface area (Å²) in [6, 6.07) is 13.2. The summed E-state index contributed by atoms with van der Waals surface area (Å²) in [5.74, 6) is 0.475. The molecule has 0 amide bonds. The van der Waals surface area contributed by atoms with Gasteiger partial charge in [-0.2, -0.15) is 0 Å². The molecule has 3 N–H and O–H groups in total. The highest BCUT2D eigenvalue weighted by molar-refractivity contribution is 7.79. The summed E-state index contributed by atoms with van der Waals surface area (Å²) in [5.41, 5.74) is 0. The van der Waals surface area contributed by atoms with Crippen LogP contribution in [-0.4, -0.2) is 65.0 Å². The summed E-state index contributed by atoms with van der Waals surface area (Å²) < 4.78 is 21.4. The third kappa shape index (κ3) is 3.96. The molecule has 1 fully saturated rings. The van der Waals surface area contributed by atoms with Gasteiger partial charge in [0.05, 0.1) is 6.61 Å². The number of rotatable bonds is 4. The Balaban J connectivity index is 1.69. The summed E-state index contributed by atoms with van der Waals surface area (Å²) in [4.78, 5) is 0. The van der Waals surface area contributed by atoms with E-state index < -0.39 is 37.3 Å². The highest BCUT2D eigenvalue weighted by Crippen LogP contribution is 2.25. The molecule has 0 spiro atoms. The second kappa shape index (κ2) is 8.26. The average molecular weight is 380 g/mol. The molecule has 140 valence electrons. The van der Waals surface area contributed by atoms with Crippen LogP contribution in [0, 0.1) is 0 Å². The van der Waals surface area contributed by atoms with Crippen molar-refractivity contribution in [3.8, 4) is 5.75 Å². The fourth-order valence-corrected chi connectivity index (χ4v) is 3.04. The van der Waals surface area contributed by atoms with Crippen LogP contribution in [0.15, 0.2) is 42.5 Å². The molecule has 8 heteroatoms. The molecule has 26 heavy (non-hydrogen) atoms. The lowest BCUT2D eigenvalue weighted by molar-refractivity contribution is -0.292. The Labute approximate surface area is 155 Å². The number of ether oxygens (including phenoxy) is 4. The first kappa shape index (κ1) is 19.0. The van der Waals surface area contributed by atoms with Crippen LogP contribution in [-0.2, 0) is 14.2 Å². The van der Waals surface area contributed by atoms with Gasteiger partial charge < -0.3 is 34.3 Å². The van der Waals surface area contributed by atoms with Crippen molar-refractivity contribution < 1.29 is 34.3 Å². The van der Waals surface area contributed by atoms with Crippen LogP contribution in [0.3, 0.4) is 0 Å². The van der Waals surface area contributed by atoms with Gasteiger partial charge in [0.15, 0.2) is 12.4 Å². The van der Waals surface area contributed by atoms with Gasteiger partial charge in [-0.3, -0.25) is 0 Å². The molecule has 0 aliphatic carbocycles. The minimum Gasteiger partial charge on any atom is -0.445 e. The number of fused-ring (bicyclic) bond motifs is 1. The smallest absolute Gasteiger partial charge is 0.358 e. The summed E-state index contributed by atoms with van der Waals surface area (Å²) in [6.45, 7) is -0.469. The molecular formula is C18H20O7S. The van der Waals surface area contributed by atoms with Crippen molar-refractivity contribution in [2.24, 2.45) is 0 Å². The lowest BCUT2D eigenvalue weighted by atomic mass is 9.99. The predicted octanol–water partition coefficient (Wildman–Crippen LogP) is 0.974. The number of benzene rings is 2. The maximum atomic E-state index is 10.2. The summed E-state index contributed by atoms with van der Waals surface area (Å²) in [6.07, 6.45) is -5.83. The Hall–Kier alpha value is -1.81. The van der Waals surface area contributed by atoms with Gasteiger partial charge >= 0.3 is 5.24 Å². The van der Waals surface area contributed by atoms with Crippen molar-refractivity contribution in [1.29, 1.82) is 0 Å². The highest BCUT2D eigenvalue weighted by atomic mass is 32.1. The summed E-state index contributed by atoms with van der Waals surface area (Å²) >= 11 is 5.09. The Kier molecular flexibility index (Phi) is 6.02. The minimum atomic E-state index is -1.37. The predicted molar refractivity (Wildman–Crippen MR) is 96.8 cm³/mol. The standard InChI is InChI=1S/C18H20O7S/c1-22-17-16(15(21)14(20)13(9-19)24-17)25-18(26)23-12-7-6-10-4-2-3-5-11(10)8-12/h2-8,13-17,19-21H,9H2,1H3/t13-,14-,15+,16-,17+/m1/s1. The average Bonchev–Trinajstić information content (AvgIpc) is 2.65. The monoisotopic (exact) mass is 380 g/mol. The third-order valence-corrected chi connectivity index (χ3v) is 4.39. The van der Waals surface area contributed by atoms with E-state index >= 15 is 0 Å². The van der Waals surface area contributed by atoms with Crippen molar-refractivity contribution in [3.63, 3.8) is 0 Å². The molecule has 2 aromatic rings. The maximum absolute atomic E-state index is 10.2. The lowest BCUT2D eigenvalue weighted by Gasteiger charge is -2.40. The van der Waals surface area contributed by atoms with E-state index in [0.717, 1.165) is 10.8 Å². The van der Waals surface area contributed by atoms with Gasteiger partial charge in [0.1, 0.15) is 24.1 Å². The molecule has 1 saturated heterocycles. The van der Waals surface area contributed by atoms with Crippen LogP contribution in [0.4, 0.5) is 0 Å². The number of hydrogen-bond donors (Lipinski definition) is 3. The molecule has 0 saturated carbocycles. The van der Waals surface area contributed by atoms with E-state index in [9.17, 15) is 15.3 Å². The Morgan fingerprint density at radius 3 is 2.54 bits per heavy atom. The van der Waals surface area contributed by atoms with E-state index in [1.54, 1.807) is 6.07 Å². The number of thiocarbonyl (C=S) groups is 1. The molecule has 0 aromatic heterocycles. The number of aliphatic hydroxyl groups is 3. The molecule has 1 aliphatic rings. The lowest BCUT2D eigenvalue weighted by Crippen LogP contribution is -2.60. The zero-order chi connectivity index (χ0) is 18.7. The maximum Gasteiger partial charge on any atom is 0.358 e. The van der Waals surface area contributed by atoms with Crippen LogP contribution in [0.25, 0.3) is 10.8 Å². The van der Waals surface area contributed by atoms with Crippen LogP contribution >= 0.6 is 12.2 Å². The van der Waals surface area contributed by atoms with Gasteiger partial charge in [-0.1, -0.05) is 30.3 Å². The zero-order valence-electron chi connectivity index (χ0n) is 14.0. The van der Waals surface area contributed by atoms with Crippen LogP contribution < -0.4 is 4.74 Å². The van der Waals surface area contributed by atoms with E-state index in [1.165, 1.54) is 7.11 Å². The molecule has 0 bridgehead atoms. The van der Waals surface area contributed by atoms with Gasteiger partial charge in [0.2, 0.25) is 0 Å². The van der Waals surface area contributed by atoms with Crippen molar-refractivity contribution in [3.05, 3.63) is 42.5 Å². The van der Waals surface area contributed by atoms with E-state index in [4.69, 9.17) is 31.2 Å². The molecule has 1 heterocycles. The summed E-state index contributed by atoms with van der Waals surface area (Å²) in [7, 11) is 1.35. The Morgan fingerprint density at radius 2 is 1.85 bits per heavy atom. The Morgan fingerprint density at radius 1 is 1.12 bits per heavy atom. The number of aliphatic hydroxyl groups excluding tert-OH is 3. The second-order valence-corrected chi connectivity index (χ2v) is 6.22.